The predicted molar refractivity (Wildman–Crippen MR) is 91.1 cm³/mol. The lowest BCUT2D eigenvalue weighted by Gasteiger charge is -2.32. The number of aryl methyl sites for hydroxylation is 1. The minimum atomic E-state index is 0.0155. The highest BCUT2D eigenvalue weighted by atomic mass is 16.5. The zero-order valence-electron chi connectivity index (χ0n) is 14.4. The molecule has 2 aliphatic rings. The minimum Gasteiger partial charge on any atom is -0.371 e. The molecule has 0 spiro atoms. The summed E-state index contributed by atoms with van der Waals surface area (Å²) < 4.78 is 6.02. The Balaban J connectivity index is 1.56. The maximum absolute atomic E-state index is 12.4. The Morgan fingerprint density at radius 2 is 2.04 bits per heavy atom. The molecule has 2 fully saturated rings. The van der Waals surface area contributed by atoms with E-state index in [0.717, 1.165) is 32.6 Å². The van der Waals surface area contributed by atoms with Crippen molar-refractivity contribution >= 4 is 5.91 Å². The van der Waals surface area contributed by atoms with Crippen molar-refractivity contribution in [3.8, 4) is 0 Å². The van der Waals surface area contributed by atoms with E-state index >= 15 is 0 Å². The van der Waals surface area contributed by atoms with E-state index in [1.54, 1.807) is 0 Å². The van der Waals surface area contributed by atoms with Crippen LogP contribution in [0.15, 0.2) is 24.3 Å². The molecular weight excluding hydrogens is 288 g/mol. The number of morpholine rings is 1. The molecule has 126 valence electrons. The van der Waals surface area contributed by atoms with Crippen molar-refractivity contribution in [1.82, 2.24) is 10.2 Å². The number of amides is 1. The summed E-state index contributed by atoms with van der Waals surface area (Å²) in [6.07, 6.45) is 1.11. The van der Waals surface area contributed by atoms with E-state index in [1.165, 1.54) is 11.1 Å². The first-order chi connectivity index (χ1) is 11.0. The van der Waals surface area contributed by atoms with Crippen molar-refractivity contribution in [1.29, 1.82) is 0 Å². The molecule has 0 saturated carbocycles. The van der Waals surface area contributed by atoms with E-state index in [2.05, 4.69) is 55.3 Å². The van der Waals surface area contributed by atoms with Crippen molar-refractivity contribution < 1.29 is 9.53 Å². The van der Waals surface area contributed by atoms with Crippen molar-refractivity contribution in [3.05, 3.63) is 35.4 Å². The molecule has 1 aromatic carbocycles. The summed E-state index contributed by atoms with van der Waals surface area (Å²) in [5, 5.41) is 3.07. The fourth-order valence-electron chi connectivity index (χ4n) is 3.53. The summed E-state index contributed by atoms with van der Waals surface area (Å²) in [4.78, 5) is 14.8. The van der Waals surface area contributed by atoms with Crippen molar-refractivity contribution in [2.24, 2.45) is 11.8 Å². The van der Waals surface area contributed by atoms with E-state index in [-0.39, 0.29) is 24.0 Å². The number of hydrogen-bond acceptors (Lipinski definition) is 3. The molecule has 1 amide bonds. The van der Waals surface area contributed by atoms with Crippen LogP contribution in [0.4, 0.5) is 0 Å². The largest absolute Gasteiger partial charge is 0.371 e. The van der Waals surface area contributed by atoms with Gasteiger partial charge in [-0.25, -0.2) is 0 Å². The van der Waals surface area contributed by atoms with Gasteiger partial charge >= 0.3 is 0 Å². The van der Waals surface area contributed by atoms with Gasteiger partial charge in [0.25, 0.3) is 0 Å². The third-order valence-corrected chi connectivity index (χ3v) is 4.78. The van der Waals surface area contributed by atoms with Crippen LogP contribution in [-0.4, -0.2) is 42.6 Å². The molecular formula is C19H28N2O2. The van der Waals surface area contributed by atoms with Gasteiger partial charge in [-0.05, 0) is 24.8 Å². The number of fused-ring (bicyclic) bond motifs is 2. The molecule has 2 saturated heterocycles. The van der Waals surface area contributed by atoms with Gasteiger partial charge in [0, 0.05) is 26.2 Å². The Hall–Kier alpha value is -1.39. The van der Waals surface area contributed by atoms with Gasteiger partial charge < -0.3 is 10.1 Å². The standard InChI is InChI=1S/C19H28N2O2/c1-13(2)9-20-19(22)17-8-16-11-21(12-18(17)23-16)10-15-6-4-14(3)5-7-15/h4-7,13,16-18H,8-12H2,1-3H3,(H,20,22)/t16-,17+,18-/m0/s1. The number of likely N-dealkylation sites (tertiary alicyclic amines) is 1. The highest BCUT2D eigenvalue weighted by Crippen LogP contribution is 2.32. The highest BCUT2D eigenvalue weighted by Gasteiger charge is 2.44. The summed E-state index contributed by atoms with van der Waals surface area (Å²) in [5.74, 6) is 0.670. The van der Waals surface area contributed by atoms with Crippen LogP contribution in [0, 0.1) is 18.8 Å². The van der Waals surface area contributed by atoms with Crippen molar-refractivity contribution in [3.63, 3.8) is 0 Å². The lowest BCUT2D eigenvalue weighted by atomic mass is 9.99. The van der Waals surface area contributed by atoms with Gasteiger partial charge in [-0.2, -0.15) is 0 Å². The zero-order valence-corrected chi connectivity index (χ0v) is 14.4. The van der Waals surface area contributed by atoms with Crippen LogP contribution < -0.4 is 5.32 Å². The Morgan fingerprint density at radius 1 is 1.30 bits per heavy atom. The number of ether oxygens (including phenoxy) is 1. The molecule has 0 unspecified atom stereocenters. The highest BCUT2D eigenvalue weighted by molar-refractivity contribution is 5.79. The molecule has 2 heterocycles. The molecule has 3 rings (SSSR count). The van der Waals surface area contributed by atoms with Gasteiger partial charge in [0.1, 0.15) is 0 Å². The van der Waals surface area contributed by atoms with Gasteiger partial charge in [0.15, 0.2) is 0 Å². The topological polar surface area (TPSA) is 41.6 Å². The number of carbonyl (C=O) groups excluding carboxylic acids is 1. The third kappa shape index (κ3) is 4.12. The summed E-state index contributed by atoms with van der Waals surface area (Å²) in [6, 6.07) is 8.71. The van der Waals surface area contributed by atoms with Crippen LogP contribution in [-0.2, 0) is 16.1 Å². The van der Waals surface area contributed by atoms with E-state index in [4.69, 9.17) is 4.74 Å². The minimum absolute atomic E-state index is 0.0155. The maximum atomic E-state index is 12.4. The predicted octanol–water partition coefficient (Wildman–Crippen LogP) is 2.36. The number of hydrogen-bond donors (Lipinski definition) is 1. The van der Waals surface area contributed by atoms with E-state index in [9.17, 15) is 4.79 Å². The second-order valence-electron chi connectivity index (χ2n) is 7.46. The van der Waals surface area contributed by atoms with Crippen LogP contribution >= 0.6 is 0 Å². The van der Waals surface area contributed by atoms with Gasteiger partial charge in [0.2, 0.25) is 5.91 Å². The SMILES string of the molecule is Cc1ccc(CN2C[C@@H]3C[C@@H](C(=O)NCC(C)C)[C@H](C2)O3)cc1. The molecule has 0 aliphatic carbocycles. The van der Waals surface area contributed by atoms with Crippen molar-refractivity contribution in [2.75, 3.05) is 19.6 Å². The quantitative estimate of drug-likeness (QED) is 0.907. The average molecular weight is 316 g/mol. The monoisotopic (exact) mass is 316 g/mol. The lowest BCUT2D eigenvalue weighted by Crippen LogP contribution is -2.45. The average Bonchev–Trinajstić information content (AvgIpc) is 2.82. The van der Waals surface area contributed by atoms with Crippen LogP contribution in [0.1, 0.15) is 31.4 Å². The number of rotatable bonds is 5. The van der Waals surface area contributed by atoms with Gasteiger partial charge in [0.05, 0.1) is 18.1 Å². The molecule has 0 aromatic heterocycles. The van der Waals surface area contributed by atoms with Crippen molar-refractivity contribution in [2.45, 2.75) is 45.9 Å². The first-order valence-electron chi connectivity index (χ1n) is 8.72. The summed E-state index contributed by atoms with van der Waals surface area (Å²) in [6.45, 7) is 9.82. The van der Waals surface area contributed by atoms with Crippen LogP contribution in [0.25, 0.3) is 0 Å². The summed E-state index contributed by atoms with van der Waals surface area (Å²) >= 11 is 0. The molecule has 0 radical (unpaired) electrons. The normalized spacial score (nSPS) is 27.4. The molecule has 4 heteroatoms. The van der Waals surface area contributed by atoms with Gasteiger partial charge in [-0.1, -0.05) is 43.7 Å². The zero-order chi connectivity index (χ0) is 16.4. The van der Waals surface area contributed by atoms with Gasteiger partial charge in [-0.15, -0.1) is 0 Å². The maximum Gasteiger partial charge on any atom is 0.225 e. The second kappa shape index (κ2) is 7.02. The number of nitrogens with one attached hydrogen (secondary N) is 1. The molecule has 1 aromatic rings. The lowest BCUT2D eigenvalue weighted by molar-refractivity contribution is -0.128. The first-order valence-corrected chi connectivity index (χ1v) is 8.72. The molecule has 2 aliphatic heterocycles. The van der Waals surface area contributed by atoms with E-state index in [1.807, 2.05) is 0 Å². The van der Waals surface area contributed by atoms with Gasteiger partial charge in [-0.3, -0.25) is 9.69 Å². The molecule has 3 atom stereocenters. The number of benzene rings is 1. The van der Waals surface area contributed by atoms with Crippen LogP contribution in [0.2, 0.25) is 0 Å². The number of nitrogens with zero attached hydrogens (tertiary/aromatic N) is 1. The molecule has 2 bridgehead atoms. The third-order valence-electron chi connectivity index (χ3n) is 4.78. The fourth-order valence-corrected chi connectivity index (χ4v) is 3.53. The Morgan fingerprint density at radius 3 is 2.74 bits per heavy atom. The fraction of sp³-hybridized carbons (Fsp3) is 0.632. The van der Waals surface area contributed by atoms with Crippen LogP contribution in [0.5, 0.6) is 0 Å². The first kappa shape index (κ1) is 16.5. The van der Waals surface area contributed by atoms with Crippen LogP contribution in [0.3, 0.4) is 0 Å². The molecule has 23 heavy (non-hydrogen) atoms. The number of carbonyl (C=O) groups is 1. The second-order valence-corrected chi connectivity index (χ2v) is 7.46. The summed E-state index contributed by atoms with van der Waals surface area (Å²) in [5.41, 5.74) is 2.62. The Labute approximate surface area is 139 Å². The Kier molecular flexibility index (Phi) is 5.02. The Bertz CT molecular complexity index is 541. The van der Waals surface area contributed by atoms with E-state index in [0.29, 0.717) is 5.92 Å². The van der Waals surface area contributed by atoms with E-state index < -0.39 is 0 Å². The summed E-state index contributed by atoms with van der Waals surface area (Å²) in [7, 11) is 0. The molecule has 4 nitrogen and oxygen atoms in total. The smallest absolute Gasteiger partial charge is 0.225 e. The molecule has 1 N–H and O–H groups in total.